The molecule has 27 heavy (non-hydrogen) atoms. The van der Waals surface area contributed by atoms with Gasteiger partial charge in [0.1, 0.15) is 5.82 Å². The van der Waals surface area contributed by atoms with Crippen molar-refractivity contribution in [2.24, 2.45) is 4.99 Å². The molecule has 0 aliphatic heterocycles. The summed E-state index contributed by atoms with van der Waals surface area (Å²) in [6.45, 7) is 6.10. The van der Waals surface area contributed by atoms with E-state index in [2.05, 4.69) is 30.9 Å². The van der Waals surface area contributed by atoms with E-state index >= 15 is 0 Å². The maximum absolute atomic E-state index is 12.6. The molecular weight excluding hydrogens is 340 g/mol. The molecule has 0 saturated heterocycles. The lowest BCUT2D eigenvalue weighted by Gasteiger charge is -2.12. The van der Waals surface area contributed by atoms with Crippen LogP contribution < -0.4 is 16.0 Å². The number of amides is 1. The topological polar surface area (TPSA) is 91.3 Å². The zero-order valence-corrected chi connectivity index (χ0v) is 16.4. The summed E-state index contributed by atoms with van der Waals surface area (Å²) in [7, 11) is 3.51. The molecule has 1 amide bonds. The van der Waals surface area contributed by atoms with E-state index in [1.807, 2.05) is 58.2 Å². The highest BCUT2D eigenvalue weighted by molar-refractivity contribution is 6.02. The van der Waals surface area contributed by atoms with Gasteiger partial charge in [-0.05, 0) is 44.5 Å². The molecule has 1 aromatic heterocycles. The number of aryl methyl sites for hydroxylation is 2. The molecular formula is C20H26N6O. The first-order valence-corrected chi connectivity index (χ1v) is 8.74. The number of aromatic nitrogens is 2. The first-order valence-electron chi connectivity index (χ1n) is 8.74. The molecule has 1 heterocycles. The molecule has 0 aliphatic rings. The first-order chi connectivity index (χ1) is 13.0. The van der Waals surface area contributed by atoms with E-state index in [1.165, 1.54) is 0 Å². The number of carbonyl (C=O) groups excluding carboxylic acids is 1. The highest BCUT2D eigenvalue weighted by atomic mass is 16.1. The van der Waals surface area contributed by atoms with E-state index in [9.17, 15) is 4.79 Å². The third-order valence-corrected chi connectivity index (χ3v) is 3.93. The van der Waals surface area contributed by atoms with Crippen LogP contribution in [-0.2, 0) is 0 Å². The van der Waals surface area contributed by atoms with Gasteiger partial charge in [0.15, 0.2) is 0 Å². The van der Waals surface area contributed by atoms with Gasteiger partial charge in [0.25, 0.3) is 5.91 Å². The molecule has 0 saturated carbocycles. The summed E-state index contributed by atoms with van der Waals surface area (Å²) in [5.74, 6) is 1.05. The number of aliphatic imine (C=N–C) groups is 1. The Morgan fingerprint density at radius 3 is 2.67 bits per heavy atom. The molecule has 7 heteroatoms. The largest absolute Gasteiger partial charge is 0.373 e. The van der Waals surface area contributed by atoms with E-state index in [0.717, 1.165) is 28.5 Å². The molecule has 0 radical (unpaired) electrons. The second-order valence-electron chi connectivity index (χ2n) is 6.02. The van der Waals surface area contributed by atoms with Gasteiger partial charge >= 0.3 is 0 Å². The molecule has 0 aliphatic carbocycles. The molecule has 0 atom stereocenters. The van der Waals surface area contributed by atoms with Gasteiger partial charge in [0, 0.05) is 37.1 Å². The fourth-order valence-corrected chi connectivity index (χ4v) is 2.50. The predicted molar refractivity (Wildman–Crippen MR) is 111 cm³/mol. The number of anilines is 3. The lowest BCUT2D eigenvalue weighted by molar-refractivity contribution is 0.0959. The van der Waals surface area contributed by atoms with Gasteiger partial charge in [-0.1, -0.05) is 12.1 Å². The average molecular weight is 366 g/mol. The average Bonchev–Trinajstić information content (AvgIpc) is 2.65. The molecule has 142 valence electrons. The Morgan fingerprint density at radius 2 is 2.00 bits per heavy atom. The lowest BCUT2D eigenvalue weighted by Crippen LogP contribution is -2.29. The van der Waals surface area contributed by atoms with Crippen LogP contribution in [0.25, 0.3) is 0 Å². The Balaban J connectivity index is 2.18. The fraction of sp³-hybridized carbons (Fsp3) is 0.300. The van der Waals surface area contributed by atoms with Gasteiger partial charge in [-0.25, -0.2) is 4.98 Å². The zero-order valence-electron chi connectivity index (χ0n) is 16.4. The summed E-state index contributed by atoms with van der Waals surface area (Å²) in [5.41, 5.74) is 3.89. The standard InChI is InChI=1S/C20H26N6O/c1-6-7-16(21-4)12-23-19(27)17-11-15(9-8-13(17)2)25-20-24-14(3)10-18(22-5)26-20/h6-11H,12H2,1-5H3,(H,23,27)(H2,22,24,25,26)/b7-6-,21-16?. The molecule has 0 bridgehead atoms. The normalized spacial score (nSPS) is 11.5. The Kier molecular flexibility index (Phi) is 7.05. The van der Waals surface area contributed by atoms with Crippen LogP contribution in [0, 0.1) is 13.8 Å². The van der Waals surface area contributed by atoms with Gasteiger partial charge < -0.3 is 16.0 Å². The number of allylic oxidation sites excluding steroid dienone is 1. The van der Waals surface area contributed by atoms with Crippen molar-refractivity contribution in [3.8, 4) is 0 Å². The Bertz CT molecular complexity index is 873. The van der Waals surface area contributed by atoms with Crippen molar-refractivity contribution in [1.82, 2.24) is 15.3 Å². The van der Waals surface area contributed by atoms with Gasteiger partial charge in [0.2, 0.25) is 5.95 Å². The maximum Gasteiger partial charge on any atom is 0.251 e. The minimum Gasteiger partial charge on any atom is -0.373 e. The van der Waals surface area contributed by atoms with Gasteiger partial charge in [-0.15, -0.1) is 0 Å². The Hall–Kier alpha value is -3.22. The van der Waals surface area contributed by atoms with Crippen LogP contribution in [0.5, 0.6) is 0 Å². The fourth-order valence-electron chi connectivity index (χ4n) is 2.50. The number of rotatable bonds is 7. The first kappa shape index (κ1) is 20.1. The summed E-state index contributed by atoms with van der Waals surface area (Å²) >= 11 is 0. The third-order valence-electron chi connectivity index (χ3n) is 3.93. The van der Waals surface area contributed by atoms with E-state index in [4.69, 9.17) is 0 Å². The summed E-state index contributed by atoms with van der Waals surface area (Å²) in [6, 6.07) is 7.45. The molecule has 0 fully saturated rings. The van der Waals surface area contributed by atoms with Gasteiger partial charge in [0.05, 0.1) is 12.3 Å². The summed E-state index contributed by atoms with van der Waals surface area (Å²) in [5, 5.41) is 9.07. The second kappa shape index (κ2) is 9.47. The maximum atomic E-state index is 12.6. The molecule has 2 aromatic rings. The SMILES string of the molecule is C/C=C\C(CNC(=O)c1cc(Nc2nc(C)cc(NC)n2)ccc1C)=NC. The Morgan fingerprint density at radius 1 is 1.22 bits per heavy atom. The lowest BCUT2D eigenvalue weighted by atomic mass is 10.1. The molecule has 0 spiro atoms. The molecule has 2 rings (SSSR count). The van der Waals surface area contributed by atoms with E-state index in [1.54, 1.807) is 13.1 Å². The number of nitrogens with one attached hydrogen (secondary N) is 3. The van der Waals surface area contributed by atoms with Crippen LogP contribution in [0.1, 0.15) is 28.5 Å². The quantitative estimate of drug-likeness (QED) is 0.654. The summed E-state index contributed by atoms with van der Waals surface area (Å²) in [4.78, 5) is 25.5. The minimum absolute atomic E-state index is 0.150. The molecule has 0 unspecified atom stereocenters. The van der Waals surface area contributed by atoms with E-state index in [0.29, 0.717) is 18.1 Å². The number of hydrogen-bond donors (Lipinski definition) is 3. The molecule has 7 nitrogen and oxygen atoms in total. The van der Waals surface area contributed by atoms with Crippen molar-refractivity contribution >= 4 is 29.1 Å². The predicted octanol–water partition coefficient (Wildman–Crippen LogP) is 3.26. The van der Waals surface area contributed by atoms with Crippen LogP contribution in [0.4, 0.5) is 17.5 Å². The van der Waals surface area contributed by atoms with Crippen LogP contribution >= 0.6 is 0 Å². The van der Waals surface area contributed by atoms with Crippen LogP contribution in [0.15, 0.2) is 41.4 Å². The van der Waals surface area contributed by atoms with Crippen molar-refractivity contribution in [2.75, 3.05) is 31.3 Å². The number of nitrogens with zero attached hydrogens (tertiary/aromatic N) is 3. The van der Waals surface area contributed by atoms with Crippen molar-refractivity contribution in [1.29, 1.82) is 0 Å². The minimum atomic E-state index is -0.150. The smallest absolute Gasteiger partial charge is 0.251 e. The third kappa shape index (κ3) is 5.64. The summed E-state index contributed by atoms with van der Waals surface area (Å²) in [6.07, 6.45) is 3.77. The zero-order chi connectivity index (χ0) is 19.8. The highest BCUT2D eigenvalue weighted by Crippen LogP contribution is 2.19. The molecule has 3 N–H and O–H groups in total. The van der Waals surface area contributed by atoms with Gasteiger partial charge in [-0.2, -0.15) is 4.98 Å². The van der Waals surface area contributed by atoms with Crippen molar-refractivity contribution in [3.63, 3.8) is 0 Å². The monoisotopic (exact) mass is 366 g/mol. The van der Waals surface area contributed by atoms with Gasteiger partial charge in [-0.3, -0.25) is 9.79 Å². The molecule has 1 aromatic carbocycles. The van der Waals surface area contributed by atoms with E-state index in [-0.39, 0.29) is 5.91 Å². The van der Waals surface area contributed by atoms with E-state index < -0.39 is 0 Å². The van der Waals surface area contributed by atoms with Crippen molar-refractivity contribution in [3.05, 3.63) is 53.2 Å². The van der Waals surface area contributed by atoms with Crippen LogP contribution in [-0.4, -0.2) is 42.2 Å². The second-order valence-corrected chi connectivity index (χ2v) is 6.02. The Labute approximate surface area is 160 Å². The highest BCUT2D eigenvalue weighted by Gasteiger charge is 2.11. The number of hydrogen-bond acceptors (Lipinski definition) is 6. The number of benzene rings is 1. The van der Waals surface area contributed by atoms with Crippen molar-refractivity contribution < 1.29 is 4.79 Å². The van der Waals surface area contributed by atoms with Crippen LogP contribution in [0.3, 0.4) is 0 Å². The van der Waals surface area contributed by atoms with Crippen LogP contribution in [0.2, 0.25) is 0 Å². The van der Waals surface area contributed by atoms with Crippen molar-refractivity contribution in [2.45, 2.75) is 20.8 Å². The summed E-state index contributed by atoms with van der Waals surface area (Å²) < 4.78 is 0. The number of carbonyl (C=O) groups is 1.